The maximum absolute atomic E-state index is 13.1. The molecule has 0 spiro atoms. The summed E-state index contributed by atoms with van der Waals surface area (Å²) in [5.74, 6) is 0. The predicted molar refractivity (Wildman–Crippen MR) is 105 cm³/mol. The second-order valence-electron chi connectivity index (χ2n) is 6.85. The maximum atomic E-state index is 13.1. The first kappa shape index (κ1) is 18.6. The number of ether oxygens (including phenoxy) is 1. The summed E-state index contributed by atoms with van der Waals surface area (Å²) < 4.78 is 9.76. The summed E-state index contributed by atoms with van der Waals surface area (Å²) in [6.45, 7) is 6.74. The third-order valence-corrected chi connectivity index (χ3v) is 4.99. The van der Waals surface area contributed by atoms with Gasteiger partial charge >= 0.3 is 5.69 Å². The first-order valence-electron chi connectivity index (χ1n) is 9.65. The highest BCUT2D eigenvalue weighted by Gasteiger charge is 2.20. The van der Waals surface area contributed by atoms with E-state index in [0.29, 0.717) is 36.4 Å². The van der Waals surface area contributed by atoms with E-state index in [1.54, 1.807) is 4.68 Å². The number of aromatic nitrogens is 5. The minimum Gasteiger partial charge on any atom is -0.379 e. The van der Waals surface area contributed by atoms with Gasteiger partial charge in [-0.1, -0.05) is 30.3 Å². The molecule has 0 bridgehead atoms. The minimum absolute atomic E-state index is 0.301. The first-order chi connectivity index (χ1) is 13.7. The summed E-state index contributed by atoms with van der Waals surface area (Å²) in [7, 11) is 0. The number of hydrogen-bond acceptors (Lipinski definition) is 6. The van der Waals surface area contributed by atoms with Crippen molar-refractivity contribution in [2.75, 3.05) is 32.8 Å². The number of hydrogen-bond donors (Lipinski definition) is 0. The number of morpholine rings is 1. The van der Waals surface area contributed by atoms with Crippen LogP contribution >= 0.6 is 0 Å². The smallest absolute Gasteiger partial charge is 0.337 e. The Morgan fingerprint density at radius 1 is 1.04 bits per heavy atom. The van der Waals surface area contributed by atoms with Crippen LogP contribution in [0.1, 0.15) is 13.3 Å². The van der Waals surface area contributed by atoms with Crippen LogP contribution in [0.3, 0.4) is 0 Å². The molecule has 1 aromatic carbocycles. The first-order valence-corrected chi connectivity index (χ1v) is 9.65. The van der Waals surface area contributed by atoms with Gasteiger partial charge in [0.1, 0.15) is 0 Å². The second-order valence-corrected chi connectivity index (χ2v) is 6.85. The van der Waals surface area contributed by atoms with Gasteiger partial charge in [0.15, 0.2) is 11.2 Å². The van der Waals surface area contributed by atoms with E-state index in [-0.39, 0.29) is 11.2 Å². The third-order valence-electron chi connectivity index (χ3n) is 4.99. The molecule has 1 aliphatic rings. The van der Waals surface area contributed by atoms with Gasteiger partial charge in [0.25, 0.3) is 5.56 Å². The molecule has 0 unspecified atom stereocenters. The van der Waals surface area contributed by atoms with Crippen molar-refractivity contribution in [1.82, 2.24) is 29.0 Å². The number of para-hydroxylation sites is 1. The van der Waals surface area contributed by atoms with Gasteiger partial charge in [-0.3, -0.25) is 14.3 Å². The van der Waals surface area contributed by atoms with Crippen LogP contribution in [0.15, 0.2) is 39.9 Å². The fourth-order valence-corrected chi connectivity index (χ4v) is 3.53. The zero-order valence-corrected chi connectivity index (χ0v) is 16.0. The van der Waals surface area contributed by atoms with Crippen molar-refractivity contribution in [2.24, 2.45) is 0 Å². The van der Waals surface area contributed by atoms with Crippen molar-refractivity contribution >= 4 is 11.2 Å². The van der Waals surface area contributed by atoms with Crippen LogP contribution in [0.4, 0.5) is 0 Å². The van der Waals surface area contributed by atoms with Gasteiger partial charge in [-0.2, -0.15) is 0 Å². The Bertz CT molecular complexity index is 1060. The van der Waals surface area contributed by atoms with Gasteiger partial charge in [-0.15, -0.1) is 5.10 Å². The molecule has 9 heteroatoms. The van der Waals surface area contributed by atoms with E-state index in [1.165, 1.54) is 9.13 Å². The van der Waals surface area contributed by atoms with Crippen molar-refractivity contribution < 1.29 is 4.74 Å². The lowest BCUT2D eigenvalue weighted by atomic mass is 10.3. The molecule has 1 fully saturated rings. The average Bonchev–Trinajstić information content (AvgIpc) is 3.15. The number of nitrogens with zero attached hydrogens (tertiary/aromatic N) is 6. The molecule has 0 radical (unpaired) electrons. The number of rotatable bonds is 6. The van der Waals surface area contributed by atoms with Gasteiger partial charge in [-0.25, -0.2) is 14.0 Å². The molecular weight excluding hydrogens is 360 g/mol. The molecule has 9 nitrogen and oxygen atoms in total. The monoisotopic (exact) mass is 384 g/mol. The Hall–Kier alpha value is -2.78. The van der Waals surface area contributed by atoms with Crippen LogP contribution in [-0.2, 0) is 17.8 Å². The van der Waals surface area contributed by atoms with Gasteiger partial charge in [0.2, 0.25) is 0 Å². The SMILES string of the molecule is CCCn1c(=O)c2c(nnn2CCN2CCOCC2)n(-c2ccccc2)c1=O. The topological polar surface area (TPSA) is 87.2 Å². The summed E-state index contributed by atoms with van der Waals surface area (Å²) in [4.78, 5) is 28.4. The fourth-order valence-electron chi connectivity index (χ4n) is 3.53. The van der Waals surface area contributed by atoms with E-state index < -0.39 is 0 Å². The Morgan fingerprint density at radius 3 is 2.50 bits per heavy atom. The van der Waals surface area contributed by atoms with Crippen LogP contribution in [-0.4, -0.2) is 61.9 Å². The highest BCUT2D eigenvalue weighted by molar-refractivity contribution is 5.71. The van der Waals surface area contributed by atoms with Crippen LogP contribution in [0, 0.1) is 0 Å². The number of fused-ring (bicyclic) bond motifs is 1. The van der Waals surface area contributed by atoms with Gasteiger partial charge in [-0.05, 0) is 18.6 Å². The van der Waals surface area contributed by atoms with Crippen molar-refractivity contribution in [3.05, 3.63) is 51.2 Å². The zero-order valence-electron chi connectivity index (χ0n) is 16.0. The summed E-state index contributed by atoms with van der Waals surface area (Å²) in [5, 5.41) is 8.41. The van der Waals surface area contributed by atoms with E-state index >= 15 is 0 Å². The maximum Gasteiger partial charge on any atom is 0.337 e. The molecule has 0 atom stereocenters. The van der Waals surface area contributed by atoms with Crippen LogP contribution < -0.4 is 11.2 Å². The molecule has 3 heterocycles. The van der Waals surface area contributed by atoms with E-state index in [1.807, 2.05) is 37.3 Å². The molecular formula is C19H24N6O3. The zero-order chi connectivity index (χ0) is 19.5. The largest absolute Gasteiger partial charge is 0.379 e. The molecule has 0 N–H and O–H groups in total. The van der Waals surface area contributed by atoms with Gasteiger partial charge < -0.3 is 4.74 Å². The summed E-state index contributed by atoms with van der Waals surface area (Å²) in [6.07, 6.45) is 0.685. The Labute approximate surface area is 161 Å². The van der Waals surface area contributed by atoms with E-state index in [2.05, 4.69) is 15.2 Å². The molecule has 1 aliphatic heterocycles. The summed E-state index contributed by atoms with van der Waals surface area (Å²) in [6, 6.07) is 9.24. The average molecular weight is 384 g/mol. The Kier molecular flexibility index (Phi) is 5.36. The standard InChI is InChI=1S/C19H24N6O3/c1-2-8-23-18(26)16-17(25(19(23)27)15-6-4-3-5-7-15)20-21-24(16)10-9-22-11-13-28-14-12-22/h3-7H,2,8-14H2,1H3. The summed E-state index contributed by atoms with van der Waals surface area (Å²) >= 11 is 0. The van der Waals surface area contributed by atoms with Gasteiger partial charge in [0.05, 0.1) is 25.4 Å². The van der Waals surface area contributed by atoms with Crippen molar-refractivity contribution in [3.8, 4) is 5.69 Å². The van der Waals surface area contributed by atoms with E-state index in [9.17, 15) is 9.59 Å². The van der Waals surface area contributed by atoms with Crippen molar-refractivity contribution in [3.63, 3.8) is 0 Å². The molecule has 148 valence electrons. The molecule has 0 saturated carbocycles. The lowest BCUT2D eigenvalue weighted by Gasteiger charge is -2.26. The molecule has 4 rings (SSSR count). The van der Waals surface area contributed by atoms with Crippen LogP contribution in [0.2, 0.25) is 0 Å². The van der Waals surface area contributed by atoms with E-state index in [0.717, 1.165) is 32.8 Å². The highest BCUT2D eigenvalue weighted by Crippen LogP contribution is 2.12. The molecule has 28 heavy (non-hydrogen) atoms. The molecule has 0 aliphatic carbocycles. The summed E-state index contributed by atoms with van der Waals surface area (Å²) in [5.41, 5.74) is 0.620. The Morgan fingerprint density at radius 2 is 1.79 bits per heavy atom. The number of benzene rings is 1. The lowest BCUT2D eigenvalue weighted by Crippen LogP contribution is -2.41. The third kappa shape index (κ3) is 3.38. The lowest BCUT2D eigenvalue weighted by molar-refractivity contribution is 0.0360. The minimum atomic E-state index is -0.384. The fraction of sp³-hybridized carbons (Fsp3) is 0.474. The Balaban J connectivity index is 1.82. The van der Waals surface area contributed by atoms with Crippen molar-refractivity contribution in [2.45, 2.75) is 26.4 Å². The van der Waals surface area contributed by atoms with Crippen LogP contribution in [0.25, 0.3) is 16.9 Å². The van der Waals surface area contributed by atoms with Gasteiger partial charge in [0, 0.05) is 26.2 Å². The molecule has 2 aromatic heterocycles. The highest BCUT2D eigenvalue weighted by atomic mass is 16.5. The predicted octanol–water partition coefficient (Wildman–Crippen LogP) is 0.486. The molecule has 3 aromatic rings. The molecule has 0 amide bonds. The van der Waals surface area contributed by atoms with Crippen LogP contribution in [0.5, 0.6) is 0 Å². The quantitative estimate of drug-likeness (QED) is 0.615. The van der Waals surface area contributed by atoms with E-state index in [4.69, 9.17) is 4.74 Å². The second kappa shape index (κ2) is 8.07. The molecule has 1 saturated heterocycles. The van der Waals surface area contributed by atoms with Crippen molar-refractivity contribution in [1.29, 1.82) is 0 Å². The normalized spacial score (nSPS) is 15.3.